The summed E-state index contributed by atoms with van der Waals surface area (Å²) in [6.07, 6.45) is -0.537. The van der Waals surface area contributed by atoms with E-state index in [1.165, 1.54) is 0 Å². The molecule has 25 heavy (non-hydrogen) atoms. The van der Waals surface area contributed by atoms with E-state index in [2.05, 4.69) is 5.32 Å². The summed E-state index contributed by atoms with van der Waals surface area (Å²) in [6, 6.07) is 15.0. The molecule has 132 valence electrons. The zero-order valence-corrected chi connectivity index (χ0v) is 14.7. The first-order valence-electron chi connectivity index (χ1n) is 8.11. The number of carboxylic acids is 1. The minimum Gasteiger partial charge on any atom is -0.481 e. The van der Waals surface area contributed by atoms with Gasteiger partial charge in [-0.15, -0.1) is 0 Å². The fraction of sp³-hybridized carbons (Fsp3) is 0.300. The Labute approximate surface area is 147 Å². The van der Waals surface area contributed by atoms with Crippen LogP contribution in [-0.4, -0.2) is 22.8 Å². The number of hydrogen-bond acceptors (Lipinski definition) is 3. The number of aliphatic carboxylic acids is 1. The largest absolute Gasteiger partial charge is 0.481 e. The Bertz CT molecular complexity index is 762. The smallest absolute Gasteiger partial charge is 0.407 e. The number of hydrogen-bond donors (Lipinski definition) is 2. The molecule has 2 N–H and O–H groups in total. The highest BCUT2D eigenvalue weighted by Crippen LogP contribution is 2.27. The fourth-order valence-electron chi connectivity index (χ4n) is 2.52. The molecule has 0 saturated carbocycles. The van der Waals surface area contributed by atoms with E-state index in [1.54, 1.807) is 0 Å². The van der Waals surface area contributed by atoms with Crippen molar-refractivity contribution in [1.29, 1.82) is 0 Å². The van der Waals surface area contributed by atoms with Crippen LogP contribution in [0.4, 0.5) is 4.79 Å². The van der Waals surface area contributed by atoms with E-state index in [1.807, 2.05) is 69.3 Å². The minimum atomic E-state index is -0.878. The molecule has 0 heterocycles. The van der Waals surface area contributed by atoms with Crippen LogP contribution < -0.4 is 5.32 Å². The van der Waals surface area contributed by atoms with Crippen molar-refractivity contribution in [3.8, 4) is 11.1 Å². The second-order valence-corrected chi connectivity index (χ2v) is 6.74. The summed E-state index contributed by atoms with van der Waals surface area (Å²) >= 11 is 0. The molecule has 0 aromatic heterocycles. The van der Waals surface area contributed by atoms with Crippen LogP contribution in [-0.2, 0) is 22.5 Å². The SMILES string of the molecule is CC(C)(C)OC(=O)NCc1ccccc1-c1ccccc1CC(=O)O. The molecule has 0 aliphatic rings. The Morgan fingerprint density at radius 1 is 0.960 bits per heavy atom. The normalized spacial score (nSPS) is 11.0. The molecule has 0 atom stereocenters. The Kier molecular flexibility index (Phi) is 5.80. The maximum atomic E-state index is 11.9. The summed E-state index contributed by atoms with van der Waals surface area (Å²) < 4.78 is 5.25. The molecule has 0 aliphatic heterocycles. The second kappa shape index (κ2) is 7.83. The lowest BCUT2D eigenvalue weighted by atomic mass is 9.94. The maximum Gasteiger partial charge on any atom is 0.407 e. The Balaban J connectivity index is 2.24. The highest BCUT2D eigenvalue weighted by Gasteiger charge is 2.17. The Hall–Kier alpha value is -2.82. The van der Waals surface area contributed by atoms with Gasteiger partial charge in [-0.2, -0.15) is 0 Å². The lowest BCUT2D eigenvalue weighted by Gasteiger charge is -2.20. The van der Waals surface area contributed by atoms with Gasteiger partial charge in [-0.1, -0.05) is 48.5 Å². The summed E-state index contributed by atoms with van der Waals surface area (Å²) in [5, 5.41) is 11.9. The van der Waals surface area contributed by atoms with Crippen molar-refractivity contribution < 1.29 is 19.4 Å². The van der Waals surface area contributed by atoms with E-state index in [-0.39, 0.29) is 6.42 Å². The zero-order chi connectivity index (χ0) is 18.4. The second-order valence-electron chi connectivity index (χ2n) is 6.74. The van der Waals surface area contributed by atoms with E-state index in [0.29, 0.717) is 6.54 Å². The lowest BCUT2D eigenvalue weighted by molar-refractivity contribution is -0.136. The van der Waals surface area contributed by atoms with Gasteiger partial charge in [0, 0.05) is 6.54 Å². The van der Waals surface area contributed by atoms with Gasteiger partial charge in [0.05, 0.1) is 6.42 Å². The third kappa shape index (κ3) is 5.64. The van der Waals surface area contributed by atoms with Gasteiger partial charge in [-0.3, -0.25) is 4.79 Å². The predicted octanol–water partition coefficient (Wildman–Crippen LogP) is 4.01. The Morgan fingerprint density at radius 2 is 1.48 bits per heavy atom. The number of carbonyl (C=O) groups is 2. The molecule has 5 nitrogen and oxygen atoms in total. The number of amides is 1. The van der Waals surface area contributed by atoms with Crippen LogP contribution in [0.25, 0.3) is 11.1 Å². The molecule has 0 fully saturated rings. The average molecular weight is 341 g/mol. The van der Waals surface area contributed by atoms with E-state index in [0.717, 1.165) is 22.3 Å². The molecule has 0 unspecified atom stereocenters. The van der Waals surface area contributed by atoms with Crippen LogP contribution in [0, 0.1) is 0 Å². The number of carbonyl (C=O) groups excluding carboxylic acids is 1. The van der Waals surface area contributed by atoms with Crippen LogP contribution in [0.3, 0.4) is 0 Å². The molecule has 0 radical (unpaired) electrons. The summed E-state index contributed by atoms with van der Waals surface area (Å²) in [5.41, 5.74) is 2.82. The predicted molar refractivity (Wildman–Crippen MR) is 96.3 cm³/mol. The van der Waals surface area contributed by atoms with Gasteiger partial charge in [0.2, 0.25) is 0 Å². The molecule has 0 saturated heterocycles. The summed E-state index contributed by atoms with van der Waals surface area (Å²) in [5.74, 6) is -0.878. The van der Waals surface area contributed by atoms with Gasteiger partial charge in [-0.05, 0) is 43.0 Å². The molecule has 2 rings (SSSR count). The first-order valence-corrected chi connectivity index (χ1v) is 8.11. The van der Waals surface area contributed by atoms with Crippen LogP contribution in [0.2, 0.25) is 0 Å². The summed E-state index contributed by atoms with van der Waals surface area (Å²) in [4.78, 5) is 23.0. The van der Waals surface area contributed by atoms with Gasteiger partial charge >= 0.3 is 12.1 Å². The van der Waals surface area contributed by atoms with Crippen LogP contribution in [0.5, 0.6) is 0 Å². The summed E-state index contributed by atoms with van der Waals surface area (Å²) in [7, 11) is 0. The van der Waals surface area contributed by atoms with E-state index >= 15 is 0 Å². The molecule has 2 aromatic carbocycles. The molecular weight excluding hydrogens is 318 g/mol. The van der Waals surface area contributed by atoms with Crippen molar-refractivity contribution >= 4 is 12.1 Å². The van der Waals surface area contributed by atoms with Crippen molar-refractivity contribution in [3.63, 3.8) is 0 Å². The molecule has 1 amide bonds. The van der Waals surface area contributed by atoms with Crippen molar-refractivity contribution in [2.24, 2.45) is 0 Å². The topological polar surface area (TPSA) is 75.6 Å². The third-order valence-corrected chi connectivity index (χ3v) is 3.49. The van der Waals surface area contributed by atoms with Crippen LogP contribution in [0.1, 0.15) is 31.9 Å². The van der Waals surface area contributed by atoms with E-state index in [4.69, 9.17) is 9.84 Å². The van der Waals surface area contributed by atoms with Gasteiger partial charge in [-0.25, -0.2) is 4.79 Å². The highest BCUT2D eigenvalue weighted by molar-refractivity contribution is 5.78. The average Bonchev–Trinajstić information content (AvgIpc) is 2.52. The van der Waals surface area contributed by atoms with Crippen molar-refractivity contribution in [3.05, 3.63) is 59.7 Å². The number of nitrogens with one attached hydrogen (secondary N) is 1. The monoisotopic (exact) mass is 341 g/mol. The molecule has 0 aliphatic carbocycles. The highest BCUT2D eigenvalue weighted by atomic mass is 16.6. The standard InChI is InChI=1S/C20H23NO4/c1-20(2,3)25-19(24)21-13-15-9-5-7-11-17(15)16-10-6-4-8-14(16)12-18(22)23/h4-11H,12-13H2,1-3H3,(H,21,24)(H,22,23). The summed E-state index contributed by atoms with van der Waals surface area (Å²) in [6.45, 7) is 5.72. The molecular formula is C20H23NO4. The third-order valence-electron chi connectivity index (χ3n) is 3.49. The first kappa shape index (κ1) is 18.5. The maximum absolute atomic E-state index is 11.9. The van der Waals surface area contributed by atoms with Gasteiger partial charge in [0.1, 0.15) is 5.60 Å². The minimum absolute atomic E-state index is 0.0516. The first-order chi connectivity index (χ1) is 11.8. The van der Waals surface area contributed by atoms with Gasteiger partial charge in [0.25, 0.3) is 0 Å². The molecule has 0 spiro atoms. The number of rotatable bonds is 5. The Morgan fingerprint density at radius 3 is 2.04 bits per heavy atom. The van der Waals surface area contributed by atoms with Crippen molar-refractivity contribution in [1.82, 2.24) is 5.32 Å². The van der Waals surface area contributed by atoms with Crippen molar-refractivity contribution in [2.45, 2.75) is 39.3 Å². The van der Waals surface area contributed by atoms with E-state index < -0.39 is 17.7 Å². The zero-order valence-electron chi connectivity index (χ0n) is 14.7. The number of carboxylic acid groups (broad SMARTS) is 1. The van der Waals surface area contributed by atoms with Crippen LogP contribution >= 0.6 is 0 Å². The van der Waals surface area contributed by atoms with E-state index in [9.17, 15) is 9.59 Å². The van der Waals surface area contributed by atoms with Crippen LogP contribution in [0.15, 0.2) is 48.5 Å². The fourth-order valence-corrected chi connectivity index (χ4v) is 2.52. The van der Waals surface area contributed by atoms with Crippen molar-refractivity contribution in [2.75, 3.05) is 0 Å². The molecule has 2 aromatic rings. The van der Waals surface area contributed by atoms with Gasteiger partial charge < -0.3 is 15.2 Å². The quantitative estimate of drug-likeness (QED) is 0.862. The lowest BCUT2D eigenvalue weighted by Crippen LogP contribution is -2.32. The number of alkyl carbamates (subject to hydrolysis) is 1. The molecule has 0 bridgehead atoms. The van der Waals surface area contributed by atoms with Gasteiger partial charge in [0.15, 0.2) is 0 Å². The number of benzene rings is 2. The number of ether oxygens (including phenoxy) is 1. The molecule has 5 heteroatoms.